The molecule has 1 fully saturated rings. The maximum absolute atomic E-state index is 12.1. The van der Waals surface area contributed by atoms with Gasteiger partial charge in [-0.3, -0.25) is 0 Å². The Labute approximate surface area is 126 Å². The predicted molar refractivity (Wildman–Crippen MR) is 85.3 cm³/mol. The molecule has 1 aliphatic carbocycles. The Bertz CT molecular complexity index is 456. The molecule has 4 nitrogen and oxygen atoms in total. The van der Waals surface area contributed by atoms with Crippen LogP contribution in [0, 0.1) is 5.92 Å². The number of benzene rings is 1. The third-order valence-electron chi connectivity index (χ3n) is 4.40. The fourth-order valence-corrected chi connectivity index (χ4v) is 3.07. The van der Waals surface area contributed by atoms with Gasteiger partial charge in [-0.1, -0.05) is 38.3 Å². The number of anilines is 1. The fraction of sp³-hybridized carbons (Fsp3) is 0.588. The molecule has 1 saturated carbocycles. The summed E-state index contributed by atoms with van der Waals surface area (Å²) in [4.78, 5) is 12.1. The molecule has 4 heteroatoms. The van der Waals surface area contributed by atoms with E-state index in [0.717, 1.165) is 24.1 Å². The Hall–Kier alpha value is -1.55. The van der Waals surface area contributed by atoms with E-state index < -0.39 is 6.10 Å². The van der Waals surface area contributed by atoms with Gasteiger partial charge in [0.2, 0.25) is 0 Å². The van der Waals surface area contributed by atoms with Crippen molar-refractivity contribution in [2.24, 2.45) is 5.92 Å². The standard InChI is InChI=1S/C17H26N2O2/c1-3-13-6-4-5-7-16(13)19-17(21)18-15-10-8-14(9-11-15)12(2)20/h8-13,16,20H,3-7H2,1-2H3,(H2,18,19,21). The summed E-state index contributed by atoms with van der Waals surface area (Å²) in [5, 5.41) is 15.4. The number of aliphatic hydroxyl groups excluding tert-OH is 1. The minimum Gasteiger partial charge on any atom is -0.389 e. The molecular formula is C17H26N2O2. The van der Waals surface area contributed by atoms with Gasteiger partial charge in [-0.05, 0) is 43.4 Å². The molecule has 116 valence electrons. The van der Waals surface area contributed by atoms with E-state index in [4.69, 9.17) is 0 Å². The summed E-state index contributed by atoms with van der Waals surface area (Å²) in [6, 6.07) is 7.45. The number of nitrogens with one attached hydrogen (secondary N) is 2. The van der Waals surface area contributed by atoms with Crippen molar-refractivity contribution in [1.29, 1.82) is 0 Å². The van der Waals surface area contributed by atoms with E-state index in [0.29, 0.717) is 12.0 Å². The lowest BCUT2D eigenvalue weighted by Gasteiger charge is -2.31. The monoisotopic (exact) mass is 290 g/mol. The lowest BCUT2D eigenvalue weighted by atomic mass is 9.83. The van der Waals surface area contributed by atoms with Crippen LogP contribution in [-0.4, -0.2) is 17.2 Å². The first-order chi connectivity index (χ1) is 10.1. The minimum absolute atomic E-state index is 0.134. The first-order valence-electron chi connectivity index (χ1n) is 7.95. The Balaban J connectivity index is 1.88. The Morgan fingerprint density at radius 3 is 2.57 bits per heavy atom. The lowest BCUT2D eigenvalue weighted by molar-refractivity contribution is 0.199. The van der Waals surface area contributed by atoms with Crippen molar-refractivity contribution < 1.29 is 9.90 Å². The Morgan fingerprint density at radius 2 is 1.95 bits per heavy atom. The first-order valence-corrected chi connectivity index (χ1v) is 7.95. The lowest BCUT2D eigenvalue weighted by Crippen LogP contribution is -2.43. The van der Waals surface area contributed by atoms with E-state index >= 15 is 0 Å². The topological polar surface area (TPSA) is 61.4 Å². The number of rotatable bonds is 4. The van der Waals surface area contributed by atoms with Gasteiger partial charge >= 0.3 is 6.03 Å². The smallest absolute Gasteiger partial charge is 0.319 e. The summed E-state index contributed by atoms with van der Waals surface area (Å²) in [5.74, 6) is 0.599. The van der Waals surface area contributed by atoms with E-state index in [9.17, 15) is 9.90 Å². The molecule has 0 saturated heterocycles. The molecule has 1 aromatic rings. The molecule has 2 amide bonds. The molecule has 0 aliphatic heterocycles. The number of carbonyl (C=O) groups is 1. The molecule has 21 heavy (non-hydrogen) atoms. The van der Waals surface area contributed by atoms with Crippen LogP contribution in [0.5, 0.6) is 0 Å². The zero-order chi connectivity index (χ0) is 15.2. The van der Waals surface area contributed by atoms with E-state index in [2.05, 4.69) is 17.6 Å². The van der Waals surface area contributed by atoms with Gasteiger partial charge in [0.05, 0.1) is 6.10 Å². The Kier molecular flexibility index (Phi) is 5.62. The van der Waals surface area contributed by atoms with E-state index in [1.165, 1.54) is 19.3 Å². The van der Waals surface area contributed by atoms with Crippen molar-refractivity contribution in [2.75, 3.05) is 5.32 Å². The first kappa shape index (κ1) is 15.8. The normalized spacial score (nSPS) is 23.4. The number of hydrogen-bond donors (Lipinski definition) is 3. The summed E-state index contributed by atoms with van der Waals surface area (Å²) in [7, 11) is 0. The van der Waals surface area contributed by atoms with Gasteiger partial charge in [-0.25, -0.2) is 4.79 Å². The SMILES string of the molecule is CCC1CCCCC1NC(=O)Nc1ccc(C(C)O)cc1. The molecule has 0 heterocycles. The highest BCUT2D eigenvalue weighted by Crippen LogP contribution is 2.26. The molecule has 2 rings (SSSR count). The second kappa shape index (κ2) is 7.46. The average Bonchev–Trinajstić information content (AvgIpc) is 2.48. The number of urea groups is 1. The summed E-state index contributed by atoms with van der Waals surface area (Å²) in [5.41, 5.74) is 1.60. The third kappa shape index (κ3) is 4.46. The number of carbonyl (C=O) groups excluding carboxylic acids is 1. The number of amides is 2. The molecule has 0 bridgehead atoms. The number of hydrogen-bond acceptors (Lipinski definition) is 2. The highest BCUT2D eigenvalue weighted by molar-refractivity contribution is 5.89. The second-order valence-electron chi connectivity index (χ2n) is 5.96. The highest BCUT2D eigenvalue weighted by atomic mass is 16.3. The van der Waals surface area contributed by atoms with Crippen molar-refractivity contribution in [1.82, 2.24) is 5.32 Å². The number of aliphatic hydroxyl groups is 1. The van der Waals surface area contributed by atoms with Gasteiger partial charge < -0.3 is 15.7 Å². The summed E-state index contributed by atoms with van der Waals surface area (Å²) in [6.45, 7) is 3.92. The molecule has 3 N–H and O–H groups in total. The van der Waals surface area contributed by atoms with Crippen LogP contribution in [0.3, 0.4) is 0 Å². The maximum atomic E-state index is 12.1. The average molecular weight is 290 g/mol. The van der Waals surface area contributed by atoms with E-state index in [-0.39, 0.29) is 6.03 Å². The van der Waals surface area contributed by atoms with Crippen LogP contribution in [0.2, 0.25) is 0 Å². The van der Waals surface area contributed by atoms with Gasteiger partial charge in [0.1, 0.15) is 0 Å². The Morgan fingerprint density at radius 1 is 1.29 bits per heavy atom. The molecule has 1 aromatic carbocycles. The van der Waals surface area contributed by atoms with Crippen LogP contribution in [0.25, 0.3) is 0 Å². The van der Waals surface area contributed by atoms with E-state index in [1.807, 2.05) is 24.3 Å². The predicted octanol–water partition coefficient (Wildman–Crippen LogP) is 3.83. The summed E-state index contributed by atoms with van der Waals surface area (Å²) in [6.07, 6.45) is 5.40. The van der Waals surface area contributed by atoms with Crippen LogP contribution in [-0.2, 0) is 0 Å². The zero-order valence-corrected chi connectivity index (χ0v) is 12.9. The van der Waals surface area contributed by atoms with Gasteiger partial charge in [0, 0.05) is 11.7 Å². The van der Waals surface area contributed by atoms with Crippen molar-refractivity contribution in [3.8, 4) is 0 Å². The zero-order valence-electron chi connectivity index (χ0n) is 12.9. The second-order valence-corrected chi connectivity index (χ2v) is 5.96. The molecule has 1 aliphatic rings. The van der Waals surface area contributed by atoms with Crippen LogP contribution >= 0.6 is 0 Å². The van der Waals surface area contributed by atoms with Crippen LogP contribution < -0.4 is 10.6 Å². The molecule has 3 atom stereocenters. The third-order valence-corrected chi connectivity index (χ3v) is 4.40. The van der Waals surface area contributed by atoms with Crippen molar-refractivity contribution in [3.63, 3.8) is 0 Å². The maximum Gasteiger partial charge on any atom is 0.319 e. The van der Waals surface area contributed by atoms with Crippen LogP contribution in [0.15, 0.2) is 24.3 Å². The molecule has 0 spiro atoms. The summed E-state index contributed by atoms with van der Waals surface area (Å²) >= 11 is 0. The fourth-order valence-electron chi connectivity index (χ4n) is 3.07. The largest absolute Gasteiger partial charge is 0.389 e. The van der Waals surface area contributed by atoms with E-state index in [1.54, 1.807) is 6.92 Å². The van der Waals surface area contributed by atoms with Gasteiger partial charge in [-0.15, -0.1) is 0 Å². The van der Waals surface area contributed by atoms with Gasteiger partial charge in [0.15, 0.2) is 0 Å². The van der Waals surface area contributed by atoms with Gasteiger partial charge in [0.25, 0.3) is 0 Å². The quantitative estimate of drug-likeness (QED) is 0.789. The molecule has 0 aromatic heterocycles. The molecule has 0 radical (unpaired) electrons. The highest BCUT2D eigenvalue weighted by Gasteiger charge is 2.24. The molecular weight excluding hydrogens is 264 g/mol. The van der Waals surface area contributed by atoms with Crippen molar-refractivity contribution >= 4 is 11.7 Å². The van der Waals surface area contributed by atoms with Crippen molar-refractivity contribution in [2.45, 2.75) is 58.1 Å². The minimum atomic E-state index is -0.486. The summed E-state index contributed by atoms with van der Waals surface area (Å²) < 4.78 is 0. The molecule has 3 unspecified atom stereocenters. The van der Waals surface area contributed by atoms with Crippen LogP contribution in [0.1, 0.15) is 57.6 Å². The van der Waals surface area contributed by atoms with Gasteiger partial charge in [-0.2, -0.15) is 0 Å². The van der Waals surface area contributed by atoms with Crippen molar-refractivity contribution in [3.05, 3.63) is 29.8 Å². The van der Waals surface area contributed by atoms with Crippen LogP contribution in [0.4, 0.5) is 10.5 Å².